The van der Waals surface area contributed by atoms with Crippen LogP contribution < -0.4 is 9.64 Å². The van der Waals surface area contributed by atoms with Crippen molar-refractivity contribution < 1.29 is 13.9 Å². The molecule has 4 rings (SSSR count). The standard InChI is InChI=1S/C18H21FN4O2/c19-14-9-21-17(22-10-14)23-6-3-18(4-7-23)8-16(25-13-18)12-24-15-2-1-5-20-11-15/h1-2,5,9-11,16H,3-4,6-8,12-13H2. The van der Waals surface area contributed by atoms with E-state index in [-0.39, 0.29) is 11.5 Å². The molecule has 0 radical (unpaired) electrons. The summed E-state index contributed by atoms with van der Waals surface area (Å²) < 4.78 is 24.7. The van der Waals surface area contributed by atoms with Gasteiger partial charge >= 0.3 is 0 Å². The molecule has 25 heavy (non-hydrogen) atoms. The second-order valence-electron chi connectivity index (χ2n) is 6.83. The molecule has 2 fully saturated rings. The molecule has 1 unspecified atom stereocenters. The number of aromatic nitrogens is 3. The van der Waals surface area contributed by atoms with E-state index in [1.54, 1.807) is 12.4 Å². The van der Waals surface area contributed by atoms with Gasteiger partial charge in [-0.2, -0.15) is 0 Å². The van der Waals surface area contributed by atoms with Gasteiger partial charge in [0, 0.05) is 19.3 Å². The molecule has 2 aromatic rings. The first-order chi connectivity index (χ1) is 12.2. The van der Waals surface area contributed by atoms with Crippen LogP contribution in [0.25, 0.3) is 0 Å². The fraction of sp³-hybridized carbons (Fsp3) is 0.500. The maximum absolute atomic E-state index is 13.0. The van der Waals surface area contributed by atoms with E-state index in [1.165, 1.54) is 12.4 Å². The summed E-state index contributed by atoms with van der Waals surface area (Å²) in [5.74, 6) is 0.972. The number of rotatable bonds is 4. The largest absolute Gasteiger partial charge is 0.489 e. The summed E-state index contributed by atoms with van der Waals surface area (Å²) in [4.78, 5) is 14.3. The summed E-state index contributed by atoms with van der Waals surface area (Å²) in [5.41, 5.74) is 0.208. The summed E-state index contributed by atoms with van der Waals surface area (Å²) in [6.07, 6.45) is 9.06. The molecule has 4 heterocycles. The molecular weight excluding hydrogens is 323 g/mol. The second-order valence-corrected chi connectivity index (χ2v) is 6.83. The van der Waals surface area contributed by atoms with Gasteiger partial charge in [0.1, 0.15) is 12.4 Å². The number of nitrogens with zero attached hydrogens (tertiary/aromatic N) is 4. The molecule has 132 valence electrons. The number of pyridine rings is 1. The first kappa shape index (κ1) is 16.2. The van der Waals surface area contributed by atoms with Crippen molar-refractivity contribution in [2.45, 2.75) is 25.4 Å². The van der Waals surface area contributed by atoms with Crippen molar-refractivity contribution in [3.8, 4) is 5.75 Å². The Morgan fingerprint density at radius 3 is 2.76 bits per heavy atom. The molecule has 2 aromatic heterocycles. The van der Waals surface area contributed by atoms with Gasteiger partial charge in [0.25, 0.3) is 0 Å². The van der Waals surface area contributed by atoms with E-state index >= 15 is 0 Å². The lowest BCUT2D eigenvalue weighted by atomic mass is 9.77. The fourth-order valence-electron chi connectivity index (χ4n) is 3.62. The lowest BCUT2D eigenvalue weighted by Crippen LogP contribution is -2.41. The van der Waals surface area contributed by atoms with E-state index in [0.29, 0.717) is 12.6 Å². The number of ether oxygens (including phenoxy) is 2. The molecular formula is C18H21FN4O2. The summed E-state index contributed by atoms with van der Waals surface area (Å²) in [6, 6.07) is 3.76. The SMILES string of the molecule is Fc1cnc(N2CCC3(CC2)COC(COc2cccnc2)C3)nc1. The van der Waals surface area contributed by atoms with Crippen LogP contribution in [0.1, 0.15) is 19.3 Å². The summed E-state index contributed by atoms with van der Waals surface area (Å²) in [7, 11) is 0. The second kappa shape index (κ2) is 6.92. The first-order valence-electron chi connectivity index (χ1n) is 8.59. The molecule has 0 N–H and O–H groups in total. The minimum atomic E-state index is -0.405. The highest BCUT2D eigenvalue weighted by Crippen LogP contribution is 2.42. The Bertz CT molecular complexity index is 690. The van der Waals surface area contributed by atoms with E-state index in [0.717, 1.165) is 44.7 Å². The van der Waals surface area contributed by atoms with Crippen molar-refractivity contribution in [1.29, 1.82) is 0 Å². The van der Waals surface area contributed by atoms with Crippen molar-refractivity contribution in [3.05, 3.63) is 42.7 Å². The van der Waals surface area contributed by atoms with Crippen molar-refractivity contribution in [2.75, 3.05) is 31.2 Å². The molecule has 7 heteroatoms. The first-order valence-corrected chi connectivity index (χ1v) is 8.59. The van der Waals surface area contributed by atoms with E-state index in [1.807, 2.05) is 12.1 Å². The highest BCUT2D eigenvalue weighted by molar-refractivity contribution is 5.29. The number of hydrogen-bond acceptors (Lipinski definition) is 6. The molecule has 2 aliphatic rings. The predicted octanol–water partition coefficient (Wildman–Crippen LogP) is 2.47. The Hall–Kier alpha value is -2.28. The monoisotopic (exact) mass is 344 g/mol. The maximum Gasteiger partial charge on any atom is 0.225 e. The molecule has 0 aromatic carbocycles. The molecule has 2 aliphatic heterocycles. The number of hydrogen-bond donors (Lipinski definition) is 0. The molecule has 1 spiro atoms. The molecule has 1 atom stereocenters. The van der Waals surface area contributed by atoms with Gasteiger partial charge in [-0.1, -0.05) is 0 Å². The summed E-state index contributed by atoms with van der Waals surface area (Å²) in [5, 5.41) is 0. The smallest absolute Gasteiger partial charge is 0.225 e. The van der Waals surface area contributed by atoms with Gasteiger partial charge in [-0.3, -0.25) is 4.98 Å². The zero-order valence-electron chi connectivity index (χ0n) is 14.0. The van der Waals surface area contributed by atoms with Gasteiger partial charge in [-0.25, -0.2) is 14.4 Å². The summed E-state index contributed by atoms with van der Waals surface area (Å²) >= 11 is 0. The number of piperidine rings is 1. The third-order valence-corrected chi connectivity index (χ3v) is 5.07. The van der Waals surface area contributed by atoms with E-state index in [2.05, 4.69) is 19.9 Å². The minimum absolute atomic E-state index is 0.119. The highest BCUT2D eigenvalue weighted by Gasteiger charge is 2.42. The van der Waals surface area contributed by atoms with Gasteiger partial charge < -0.3 is 14.4 Å². The summed E-state index contributed by atoms with van der Waals surface area (Å²) in [6.45, 7) is 3.06. The van der Waals surface area contributed by atoms with Crippen LogP contribution in [-0.2, 0) is 4.74 Å². The minimum Gasteiger partial charge on any atom is -0.489 e. The third kappa shape index (κ3) is 3.71. The molecule has 0 saturated carbocycles. The molecule has 0 aliphatic carbocycles. The van der Waals surface area contributed by atoms with Crippen molar-refractivity contribution in [3.63, 3.8) is 0 Å². The van der Waals surface area contributed by atoms with Gasteiger partial charge in [0.15, 0.2) is 5.82 Å². The topological polar surface area (TPSA) is 60.4 Å². The van der Waals surface area contributed by atoms with Crippen LogP contribution in [-0.4, -0.2) is 47.4 Å². The lowest BCUT2D eigenvalue weighted by molar-refractivity contribution is 0.0577. The predicted molar refractivity (Wildman–Crippen MR) is 90.0 cm³/mol. The average Bonchev–Trinajstić information content (AvgIpc) is 3.05. The van der Waals surface area contributed by atoms with E-state index in [4.69, 9.17) is 9.47 Å². The van der Waals surface area contributed by atoms with Gasteiger partial charge in [-0.15, -0.1) is 0 Å². The fourth-order valence-corrected chi connectivity index (χ4v) is 3.62. The third-order valence-electron chi connectivity index (χ3n) is 5.07. The lowest BCUT2D eigenvalue weighted by Gasteiger charge is -2.38. The quantitative estimate of drug-likeness (QED) is 0.849. The molecule has 0 bridgehead atoms. The maximum atomic E-state index is 13.0. The van der Waals surface area contributed by atoms with E-state index in [9.17, 15) is 4.39 Å². The Morgan fingerprint density at radius 1 is 1.24 bits per heavy atom. The number of halogens is 1. The Morgan fingerprint density at radius 2 is 2.04 bits per heavy atom. The number of anilines is 1. The molecule has 2 saturated heterocycles. The van der Waals surface area contributed by atoms with Crippen LogP contribution in [0.2, 0.25) is 0 Å². The van der Waals surface area contributed by atoms with Crippen LogP contribution in [0.5, 0.6) is 5.75 Å². The van der Waals surface area contributed by atoms with Crippen molar-refractivity contribution in [2.24, 2.45) is 5.41 Å². The normalized spacial score (nSPS) is 22.3. The average molecular weight is 344 g/mol. The zero-order valence-corrected chi connectivity index (χ0v) is 14.0. The highest BCUT2D eigenvalue weighted by atomic mass is 19.1. The van der Waals surface area contributed by atoms with E-state index < -0.39 is 5.82 Å². The van der Waals surface area contributed by atoms with Crippen LogP contribution in [0, 0.1) is 11.2 Å². The Kier molecular flexibility index (Phi) is 4.48. The van der Waals surface area contributed by atoms with Gasteiger partial charge in [-0.05, 0) is 36.8 Å². The van der Waals surface area contributed by atoms with Crippen LogP contribution >= 0.6 is 0 Å². The Balaban J connectivity index is 1.29. The van der Waals surface area contributed by atoms with Gasteiger partial charge in [0.2, 0.25) is 5.95 Å². The van der Waals surface area contributed by atoms with Gasteiger partial charge in [0.05, 0.1) is 31.3 Å². The van der Waals surface area contributed by atoms with Crippen LogP contribution in [0.3, 0.4) is 0 Å². The Labute approximate surface area is 146 Å². The van der Waals surface area contributed by atoms with Crippen LogP contribution in [0.15, 0.2) is 36.9 Å². The van der Waals surface area contributed by atoms with Crippen LogP contribution in [0.4, 0.5) is 10.3 Å². The molecule has 0 amide bonds. The molecule has 6 nitrogen and oxygen atoms in total. The zero-order chi connectivity index (χ0) is 17.1. The van der Waals surface area contributed by atoms with Crippen molar-refractivity contribution in [1.82, 2.24) is 15.0 Å². The van der Waals surface area contributed by atoms with Crippen molar-refractivity contribution >= 4 is 5.95 Å².